The Morgan fingerprint density at radius 2 is 1.59 bits per heavy atom. The third-order valence-electron chi connectivity index (χ3n) is 6.18. The third-order valence-corrected chi connectivity index (χ3v) is 6.18. The molecular formula is C25H32N2O2. The smallest absolute Gasteiger partial charge is 0.257 e. The van der Waals surface area contributed by atoms with Crippen molar-refractivity contribution < 1.29 is 9.53 Å². The molecule has 0 radical (unpaired) electrons. The van der Waals surface area contributed by atoms with Crippen LogP contribution in [0.2, 0.25) is 0 Å². The second-order valence-corrected chi connectivity index (χ2v) is 8.26. The second-order valence-electron chi connectivity index (χ2n) is 8.26. The number of benzene rings is 2. The highest BCUT2D eigenvalue weighted by Crippen LogP contribution is 2.26. The van der Waals surface area contributed by atoms with Gasteiger partial charge in [0.2, 0.25) is 0 Å². The van der Waals surface area contributed by atoms with Crippen LogP contribution in [0.3, 0.4) is 0 Å². The number of carbonyl (C=O) groups is 1. The van der Waals surface area contributed by atoms with E-state index in [0.717, 1.165) is 70.6 Å². The van der Waals surface area contributed by atoms with E-state index in [4.69, 9.17) is 4.74 Å². The maximum atomic E-state index is 12.8. The molecule has 0 spiro atoms. The van der Waals surface area contributed by atoms with Gasteiger partial charge in [-0.3, -0.25) is 9.69 Å². The molecule has 0 N–H and O–H groups in total. The lowest BCUT2D eigenvalue weighted by molar-refractivity contribution is 0.0765. The SMILES string of the molecule is CCc1ccc(CN2CCC(Oc3ccccc3C(=O)N3CCCC3)CC2)cc1. The summed E-state index contributed by atoms with van der Waals surface area (Å²) in [5.41, 5.74) is 3.49. The van der Waals surface area contributed by atoms with Gasteiger partial charge in [-0.15, -0.1) is 0 Å². The summed E-state index contributed by atoms with van der Waals surface area (Å²) in [4.78, 5) is 17.3. The topological polar surface area (TPSA) is 32.8 Å². The minimum Gasteiger partial charge on any atom is -0.489 e. The molecule has 29 heavy (non-hydrogen) atoms. The van der Waals surface area contributed by atoms with Gasteiger partial charge in [-0.05, 0) is 55.4 Å². The zero-order chi connectivity index (χ0) is 20.1. The van der Waals surface area contributed by atoms with E-state index in [-0.39, 0.29) is 12.0 Å². The van der Waals surface area contributed by atoms with E-state index >= 15 is 0 Å². The van der Waals surface area contributed by atoms with Gasteiger partial charge in [0.15, 0.2) is 0 Å². The lowest BCUT2D eigenvalue weighted by Crippen LogP contribution is -2.38. The maximum absolute atomic E-state index is 12.8. The number of nitrogens with zero attached hydrogens (tertiary/aromatic N) is 2. The van der Waals surface area contributed by atoms with Gasteiger partial charge < -0.3 is 9.64 Å². The maximum Gasteiger partial charge on any atom is 0.257 e. The number of piperidine rings is 1. The summed E-state index contributed by atoms with van der Waals surface area (Å²) >= 11 is 0. The summed E-state index contributed by atoms with van der Waals surface area (Å²) in [6, 6.07) is 16.7. The first-order valence-corrected chi connectivity index (χ1v) is 11.1. The molecule has 154 valence electrons. The number of ether oxygens (including phenoxy) is 1. The fourth-order valence-corrected chi connectivity index (χ4v) is 4.34. The Morgan fingerprint density at radius 1 is 0.931 bits per heavy atom. The van der Waals surface area contributed by atoms with Crippen LogP contribution in [0.4, 0.5) is 0 Å². The molecule has 2 fully saturated rings. The number of hydrogen-bond acceptors (Lipinski definition) is 3. The Balaban J connectivity index is 1.32. The van der Waals surface area contributed by atoms with Gasteiger partial charge in [-0.25, -0.2) is 0 Å². The molecule has 2 aliphatic heterocycles. The number of hydrogen-bond donors (Lipinski definition) is 0. The van der Waals surface area contributed by atoms with Crippen LogP contribution < -0.4 is 4.74 Å². The summed E-state index contributed by atoms with van der Waals surface area (Å²) < 4.78 is 6.32. The van der Waals surface area contributed by atoms with E-state index < -0.39 is 0 Å². The zero-order valence-corrected chi connectivity index (χ0v) is 17.5. The summed E-state index contributed by atoms with van der Waals surface area (Å²) in [7, 11) is 0. The van der Waals surface area contributed by atoms with E-state index in [1.54, 1.807) is 0 Å². The highest BCUT2D eigenvalue weighted by Gasteiger charge is 2.25. The van der Waals surface area contributed by atoms with Crippen LogP contribution in [-0.2, 0) is 13.0 Å². The Hall–Kier alpha value is -2.33. The molecule has 2 aromatic carbocycles. The van der Waals surface area contributed by atoms with Gasteiger partial charge in [0.05, 0.1) is 5.56 Å². The summed E-state index contributed by atoms with van der Waals surface area (Å²) in [5, 5.41) is 0. The molecule has 0 bridgehead atoms. The number of amides is 1. The van der Waals surface area contributed by atoms with Crippen LogP contribution in [0, 0.1) is 0 Å². The standard InChI is InChI=1S/C25H32N2O2/c1-2-20-9-11-21(12-10-20)19-26-17-13-22(14-18-26)29-24-8-4-3-7-23(24)25(28)27-15-5-6-16-27/h3-4,7-12,22H,2,5-6,13-19H2,1H3. The van der Waals surface area contributed by atoms with Gasteiger partial charge in [-0.2, -0.15) is 0 Å². The quantitative estimate of drug-likeness (QED) is 0.724. The zero-order valence-electron chi connectivity index (χ0n) is 17.5. The van der Waals surface area contributed by atoms with E-state index in [0.29, 0.717) is 5.56 Å². The monoisotopic (exact) mass is 392 g/mol. The van der Waals surface area contributed by atoms with Crippen molar-refractivity contribution >= 4 is 5.91 Å². The van der Waals surface area contributed by atoms with Gasteiger partial charge in [0.25, 0.3) is 5.91 Å². The van der Waals surface area contributed by atoms with Crippen molar-refractivity contribution in [2.75, 3.05) is 26.2 Å². The van der Waals surface area contributed by atoms with Crippen molar-refractivity contribution in [1.82, 2.24) is 9.80 Å². The van der Waals surface area contributed by atoms with Crippen LogP contribution in [-0.4, -0.2) is 48.0 Å². The van der Waals surface area contributed by atoms with E-state index in [9.17, 15) is 4.79 Å². The number of para-hydroxylation sites is 1. The first-order valence-electron chi connectivity index (χ1n) is 11.1. The van der Waals surface area contributed by atoms with Crippen molar-refractivity contribution in [2.45, 2.75) is 51.7 Å². The molecule has 0 unspecified atom stereocenters. The fraction of sp³-hybridized carbons (Fsp3) is 0.480. The van der Waals surface area contributed by atoms with Crippen LogP contribution in [0.25, 0.3) is 0 Å². The molecule has 4 rings (SSSR count). The van der Waals surface area contributed by atoms with Crippen molar-refractivity contribution in [1.29, 1.82) is 0 Å². The first kappa shape index (κ1) is 20.0. The number of carbonyl (C=O) groups excluding carboxylic acids is 1. The minimum absolute atomic E-state index is 0.117. The molecule has 4 nitrogen and oxygen atoms in total. The number of likely N-dealkylation sites (tertiary alicyclic amines) is 2. The van der Waals surface area contributed by atoms with Crippen LogP contribution >= 0.6 is 0 Å². The Kier molecular flexibility index (Phi) is 6.50. The van der Waals surface area contributed by atoms with Gasteiger partial charge >= 0.3 is 0 Å². The molecule has 0 atom stereocenters. The molecule has 0 aliphatic carbocycles. The minimum atomic E-state index is 0.117. The molecule has 2 aromatic rings. The summed E-state index contributed by atoms with van der Waals surface area (Å²) in [6.45, 7) is 6.98. The fourth-order valence-electron chi connectivity index (χ4n) is 4.34. The van der Waals surface area contributed by atoms with Crippen molar-refractivity contribution in [3.05, 3.63) is 65.2 Å². The Bertz CT molecular complexity index is 804. The summed E-state index contributed by atoms with van der Waals surface area (Å²) in [6.07, 6.45) is 5.48. The molecule has 1 amide bonds. The molecule has 4 heteroatoms. The van der Waals surface area contributed by atoms with Crippen molar-refractivity contribution in [2.24, 2.45) is 0 Å². The lowest BCUT2D eigenvalue weighted by atomic mass is 10.1. The van der Waals surface area contributed by atoms with Crippen molar-refractivity contribution in [3.8, 4) is 5.75 Å². The van der Waals surface area contributed by atoms with Gasteiger partial charge in [0.1, 0.15) is 11.9 Å². The average molecular weight is 393 g/mol. The van der Waals surface area contributed by atoms with Crippen LogP contribution in [0.15, 0.2) is 48.5 Å². The molecule has 0 aromatic heterocycles. The highest BCUT2D eigenvalue weighted by atomic mass is 16.5. The third kappa shape index (κ3) is 4.99. The molecular weight excluding hydrogens is 360 g/mol. The largest absolute Gasteiger partial charge is 0.489 e. The molecule has 2 heterocycles. The predicted octanol–water partition coefficient (Wildman–Crippen LogP) is 4.53. The highest BCUT2D eigenvalue weighted by molar-refractivity contribution is 5.97. The molecule has 2 saturated heterocycles. The Labute approximate surface area is 174 Å². The van der Waals surface area contributed by atoms with Gasteiger partial charge in [0, 0.05) is 32.7 Å². The van der Waals surface area contributed by atoms with Crippen LogP contribution in [0.1, 0.15) is 54.1 Å². The van der Waals surface area contributed by atoms with E-state index in [1.165, 1.54) is 11.1 Å². The normalized spacial score (nSPS) is 18.2. The number of rotatable bonds is 6. The first-order chi connectivity index (χ1) is 14.2. The lowest BCUT2D eigenvalue weighted by Gasteiger charge is -2.32. The predicted molar refractivity (Wildman–Crippen MR) is 116 cm³/mol. The summed E-state index contributed by atoms with van der Waals surface area (Å²) in [5.74, 6) is 0.865. The van der Waals surface area contributed by atoms with Crippen LogP contribution in [0.5, 0.6) is 5.75 Å². The molecule has 2 aliphatic rings. The second kappa shape index (κ2) is 9.45. The molecule has 0 saturated carbocycles. The average Bonchev–Trinajstić information content (AvgIpc) is 3.31. The van der Waals surface area contributed by atoms with E-state index in [1.807, 2.05) is 29.2 Å². The van der Waals surface area contributed by atoms with E-state index in [2.05, 4.69) is 36.1 Å². The number of aryl methyl sites for hydroxylation is 1. The van der Waals surface area contributed by atoms with Crippen molar-refractivity contribution in [3.63, 3.8) is 0 Å². The van der Waals surface area contributed by atoms with Gasteiger partial charge in [-0.1, -0.05) is 43.3 Å². The Morgan fingerprint density at radius 3 is 2.28 bits per heavy atom.